The number of pyridine rings is 1. The molecule has 5 heteroatoms. The van der Waals surface area contributed by atoms with Crippen LogP contribution in [0.3, 0.4) is 0 Å². The summed E-state index contributed by atoms with van der Waals surface area (Å²) < 4.78 is 0. The number of aromatic amines is 1. The second kappa shape index (κ2) is 5.39. The van der Waals surface area contributed by atoms with Crippen molar-refractivity contribution in [2.75, 3.05) is 17.2 Å². The summed E-state index contributed by atoms with van der Waals surface area (Å²) in [6.07, 6.45) is 1.46. The van der Waals surface area contributed by atoms with E-state index in [4.69, 9.17) is 5.73 Å². The Kier molecular flexibility index (Phi) is 3.66. The van der Waals surface area contributed by atoms with Gasteiger partial charge in [0.25, 0.3) is 5.91 Å². The van der Waals surface area contributed by atoms with E-state index in [1.807, 2.05) is 6.92 Å². The van der Waals surface area contributed by atoms with Gasteiger partial charge in [0.1, 0.15) is 0 Å². The average Bonchev–Trinajstić information content (AvgIpc) is 2.41. The van der Waals surface area contributed by atoms with Crippen LogP contribution in [0.1, 0.15) is 17.3 Å². The Morgan fingerprint density at radius 1 is 1.26 bits per heavy atom. The number of hydrogen-bond donors (Lipinski definition) is 2. The number of benzene rings is 1. The molecule has 1 aromatic carbocycles. The number of nitrogen functional groups attached to an aromatic ring is 1. The Bertz CT molecular complexity index is 632. The minimum atomic E-state index is -0.292. The first-order valence-electron chi connectivity index (χ1n) is 5.98. The highest BCUT2D eigenvalue weighted by molar-refractivity contribution is 6.06. The Hall–Kier alpha value is -2.56. The Morgan fingerprint density at radius 3 is 2.53 bits per heavy atom. The molecule has 0 spiro atoms. The molecular weight excluding hydrogens is 242 g/mol. The summed E-state index contributed by atoms with van der Waals surface area (Å²) in [5.74, 6) is -0.210. The third-order valence-electron chi connectivity index (χ3n) is 2.79. The van der Waals surface area contributed by atoms with Crippen LogP contribution in [0.25, 0.3) is 0 Å². The standard InChI is InChI=1S/C14H15N3O2/c1-2-17(12-5-3-11(15)4-6-12)14(19)10-7-8-16-13(18)9-10/h3-9H,2,15H2,1H3,(H,16,18). The minimum Gasteiger partial charge on any atom is -0.399 e. The number of amides is 1. The lowest BCUT2D eigenvalue weighted by molar-refractivity contribution is 0.0988. The minimum absolute atomic E-state index is 0.210. The van der Waals surface area contributed by atoms with Gasteiger partial charge in [-0.2, -0.15) is 0 Å². The molecule has 0 aliphatic rings. The van der Waals surface area contributed by atoms with E-state index in [0.717, 1.165) is 5.69 Å². The number of aromatic nitrogens is 1. The highest BCUT2D eigenvalue weighted by Crippen LogP contribution is 2.18. The number of nitrogens with two attached hydrogens (primary N) is 1. The molecule has 1 aromatic heterocycles. The lowest BCUT2D eigenvalue weighted by atomic mass is 10.2. The van der Waals surface area contributed by atoms with Crippen molar-refractivity contribution in [3.63, 3.8) is 0 Å². The van der Waals surface area contributed by atoms with Crippen molar-refractivity contribution in [2.45, 2.75) is 6.92 Å². The van der Waals surface area contributed by atoms with Gasteiger partial charge in [0, 0.05) is 35.7 Å². The Labute approximate surface area is 110 Å². The zero-order chi connectivity index (χ0) is 13.8. The van der Waals surface area contributed by atoms with Gasteiger partial charge in [-0.1, -0.05) is 0 Å². The second-order valence-corrected chi connectivity index (χ2v) is 4.08. The molecule has 0 atom stereocenters. The first kappa shape index (κ1) is 12.9. The van der Waals surface area contributed by atoms with Crippen LogP contribution in [0, 0.1) is 0 Å². The van der Waals surface area contributed by atoms with Crippen LogP contribution >= 0.6 is 0 Å². The predicted molar refractivity (Wildman–Crippen MR) is 75.3 cm³/mol. The summed E-state index contributed by atoms with van der Waals surface area (Å²) in [5, 5.41) is 0. The summed E-state index contributed by atoms with van der Waals surface area (Å²) in [7, 11) is 0. The van der Waals surface area contributed by atoms with Gasteiger partial charge in [-0.25, -0.2) is 0 Å². The molecule has 98 valence electrons. The van der Waals surface area contributed by atoms with Crippen molar-refractivity contribution in [1.29, 1.82) is 0 Å². The number of rotatable bonds is 3. The molecule has 0 saturated carbocycles. The molecule has 3 N–H and O–H groups in total. The maximum absolute atomic E-state index is 12.4. The molecule has 0 saturated heterocycles. The normalized spacial score (nSPS) is 10.2. The topological polar surface area (TPSA) is 79.2 Å². The number of carbonyl (C=O) groups excluding carboxylic acids is 1. The van der Waals surface area contributed by atoms with Crippen LogP contribution in [0.2, 0.25) is 0 Å². The van der Waals surface area contributed by atoms with Crippen LogP contribution in [-0.4, -0.2) is 17.4 Å². The quantitative estimate of drug-likeness (QED) is 0.820. The third kappa shape index (κ3) is 2.82. The Balaban J connectivity index is 2.34. The Morgan fingerprint density at radius 2 is 1.95 bits per heavy atom. The van der Waals surface area contributed by atoms with Crippen molar-refractivity contribution in [3.8, 4) is 0 Å². The average molecular weight is 257 g/mol. The molecule has 1 heterocycles. The van der Waals surface area contributed by atoms with Gasteiger partial charge < -0.3 is 15.6 Å². The number of nitrogens with zero attached hydrogens (tertiary/aromatic N) is 1. The van der Waals surface area contributed by atoms with E-state index in [1.165, 1.54) is 12.3 Å². The zero-order valence-electron chi connectivity index (χ0n) is 10.6. The van der Waals surface area contributed by atoms with Crippen LogP contribution < -0.4 is 16.2 Å². The molecule has 0 aliphatic carbocycles. The molecule has 0 aliphatic heterocycles. The number of hydrogen-bond acceptors (Lipinski definition) is 3. The molecule has 19 heavy (non-hydrogen) atoms. The van der Waals surface area contributed by atoms with Gasteiger partial charge in [0.15, 0.2) is 0 Å². The molecule has 2 rings (SSSR count). The number of anilines is 2. The number of H-pyrrole nitrogens is 1. The van der Waals surface area contributed by atoms with E-state index in [9.17, 15) is 9.59 Å². The second-order valence-electron chi connectivity index (χ2n) is 4.08. The third-order valence-corrected chi connectivity index (χ3v) is 2.79. The smallest absolute Gasteiger partial charge is 0.258 e. The van der Waals surface area contributed by atoms with Gasteiger partial charge >= 0.3 is 0 Å². The van der Waals surface area contributed by atoms with Gasteiger partial charge in [-0.15, -0.1) is 0 Å². The molecule has 0 radical (unpaired) electrons. The van der Waals surface area contributed by atoms with Crippen LogP contribution in [0.5, 0.6) is 0 Å². The van der Waals surface area contributed by atoms with Crippen molar-refractivity contribution in [3.05, 3.63) is 58.5 Å². The van der Waals surface area contributed by atoms with Gasteiger partial charge in [0.2, 0.25) is 5.56 Å². The maximum atomic E-state index is 12.4. The van der Waals surface area contributed by atoms with E-state index >= 15 is 0 Å². The lowest BCUT2D eigenvalue weighted by Crippen LogP contribution is -2.31. The largest absolute Gasteiger partial charge is 0.399 e. The molecule has 2 aromatic rings. The summed E-state index contributed by atoms with van der Waals surface area (Å²) in [4.78, 5) is 27.7. The SMILES string of the molecule is CCN(C(=O)c1cc[nH]c(=O)c1)c1ccc(N)cc1. The van der Waals surface area contributed by atoms with Crippen molar-refractivity contribution < 1.29 is 4.79 Å². The van der Waals surface area contributed by atoms with E-state index < -0.39 is 0 Å². The van der Waals surface area contributed by atoms with Crippen LogP contribution in [0.4, 0.5) is 11.4 Å². The number of carbonyl (C=O) groups is 1. The van der Waals surface area contributed by atoms with E-state index in [0.29, 0.717) is 17.8 Å². The fourth-order valence-electron chi connectivity index (χ4n) is 1.83. The first-order valence-corrected chi connectivity index (χ1v) is 5.98. The molecule has 1 amide bonds. The first-order chi connectivity index (χ1) is 9.11. The summed E-state index contributed by atoms with van der Waals surface area (Å²) in [6, 6.07) is 9.92. The highest BCUT2D eigenvalue weighted by Gasteiger charge is 2.16. The van der Waals surface area contributed by atoms with Crippen molar-refractivity contribution in [2.24, 2.45) is 0 Å². The fraction of sp³-hybridized carbons (Fsp3) is 0.143. The predicted octanol–water partition coefficient (Wildman–Crippen LogP) is 1.62. The van der Waals surface area contributed by atoms with E-state index in [2.05, 4.69) is 4.98 Å². The maximum Gasteiger partial charge on any atom is 0.258 e. The fourth-order valence-corrected chi connectivity index (χ4v) is 1.83. The van der Waals surface area contributed by atoms with Gasteiger partial charge in [-0.3, -0.25) is 9.59 Å². The zero-order valence-corrected chi connectivity index (χ0v) is 10.6. The summed E-state index contributed by atoms with van der Waals surface area (Å²) >= 11 is 0. The molecule has 0 unspecified atom stereocenters. The molecule has 0 bridgehead atoms. The lowest BCUT2D eigenvalue weighted by Gasteiger charge is -2.21. The van der Waals surface area contributed by atoms with Gasteiger partial charge in [0.05, 0.1) is 0 Å². The van der Waals surface area contributed by atoms with Crippen LogP contribution in [0.15, 0.2) is 47.4 Å². The molecule has 0 fully saturated rings. The molecular formula is C14H15N3O2. The summed E-state index contributed by atoms with van der Waals surface area (Å²) in [6.45, 7) is 2.39. The molecule has 5 nitrogen and oxygen atoms in total. The monoisotopic (exact) mass is 257 g/mol. The number of nitrogens with one attached hydrogen (secondary N) is 1. The highest BCUT2D eigenvalue weighted by atomic mass is 16.2. The van der Waals surface area contributed by atoms with Crippen molar-refractivity contribution in [1.82, 2.24) is 4.98 Å². The van der Waals surface area contributed by atoms with E-state index in [-0.39, 0.29) is 11.5 Å². The van der Waals surface area contributed by atoms with E-state index in [1.54, 1.807) is 35.2 Å². The van der Waals surface area contributed by atoms with Crippen molar-refractivity contribution >= 4 is 17.3 Å². The van der Waals surface area contributed by atoms with Gasteiger partial charge in [-0.05, 0) is 37.3 Å². The van der Waals surface area contributed by atoms with Crippen LogP contribution in [-0.2, 0) is 0 Å². The summed E-state index contributed by atoms with van der Waals surface area (Å²) in [5.41, 5.74) is 7.09.